The Hall–Kier alpha value is -7.31. The van der Waals surface area contributed by atoms with Crippen molar-refractivity contribution in [2.75, 3.05) is 87.5 Å². The number of para-hydroxylation sites is 1. The number of fused-ring (bicyclic) bond motifs is 5. The third-order valence-electron chi connectivity index (χ3n) is 18.7. The van der Waals surface area contributed by atoms with Crippen LogP contribution in [0.4, 0.5) is 28.4 Å². The number of anilines is 4. The molecule has 5 atom stereocenters. The molecule has 83 heavy (non-hydrogen) atoms. The summed E-state index contributed by atoms with van der Waals surface area (Å²) in [5.74, 6) is 1.25. The molecular weight excluding hydrogens is 1080 g/mol. The van der Waals surface area contributed by atoms with E-state index in [1.165, 1.54) is 11.6 Å². The highest BCUT2D eigenvalue weighted by Crippen LogP contribution is 2.54. The Morgan fingerprint density at radius 2 is 1.73 bits per heavy atom. The number of piperazine rings is 1. The lowest BCUT2D eigenvalue weighted by Crippen LogP contribution is -2.61. The number of piperidine rings is 1. The number of H-pyrrole nitrogens is 1. The van der Waals surface area contributed by atoms with Crippen molar-refractivity contribution in [2.24, 2.45) is 11.3 Å². The average molecular weight is 1150 g/mol. The molecule has 23 heteroatoms. The van der Waals surface area contributed by atoms with Crippen molar-refractivity contribution in [1.29, 1.82) is 0 Å². The highest BCUT2D eigenvalue weighted by molar-refractivity contribution is 7.90. The van der Waals surface area contributed by atoms with Gasteiger partial charge in [0.05, 0.1) is 51.9 Å². The molecule has 22 nitrogen and oxygen atoms in total. The highest BCUT2D eigenvalue weighted by atomic mass is 32.2. The molecule has 1 spiro atoms. The normalized spacial score (nSPS) is 24.7. The lowest BCUT2D eigenvalue weighted by atomic mass is 9.59. The molecule has 14 rings (SSSR count). The average Bonchev–Trinajstić information content (AvgIpc) is 4.07. The Labute approximate surface area is 481 Å². The van der Waals surface area contributed by atoms with E-state index in [4.69, 9.17) is 33.4 Å². The van der Waals surface area contributed by atoms with Crippen LogP contribution in [-0.4, -0.2) is 158 Å². The van der Waals surface area contributed by atoms with Gasteiger partial charge in [-0.15, -0.1) is 0 Å². The predicted molar refractivity (Wildman–Crippen MR) is 308 cm³/mol. The molecule has 0 unspecified atom stereocenters. The van der Waals surface area contributed by atoms with Gasteiger partial charge in [-0.1, -0.05) is 18.2 Å². The van der Waals surface area contributed by atoms with Crippen LogP contribution in [0.5, 0.6) is 23.3 Å². The molecule has 3 aromatic heterocycles. The summed E-state index contributed by atoms with van der Waals surface area (Å²) < 4.78 is 68.0. The number of ether oxygens (including phenoxy) is 6. The molecule has 4 saturated heterocycles. The van der Waals surface area contributed by atoms with E-state index in [0.29, 0.717) is 67.7 Å². The number of sulfonamides is 1. The largest absolute Gasteiger partial charge is 0.491 e. The van der Waals surface area contributed by atoms with Crippen molar-refractivity contribution in [3.05, 3.63) is 112 Å². The first kappa shape index (κ1) is 53.7. The molecule has 3 aromatic carbocycles. The molecule has 6 aromatic rings. The molecule has 10 heterocycles. The Morgan fingerprint density at radius 3 is 2.57 bits per heavy atom. The van der Waals surface area contributed by atoms with E-state index in [1.54, 1.807) is 12.4 Å². The molecule has 3 N–H and O–H groups in total. The number of rotatable bonds is 12. The minimum atomic E-state index is -4.72. The number of nitrogens with one attached hydrogen (secondary N) is 3. The van der Waals surface area contributed by atoms with Gasteiger partial charge in [-0.2, -0.15) is 4.98 Å². The third-order valence-corrected chi connectivity index (χ3v) is 20.0. The van der Waals surface area contributed by atoms with Crippen LogP contribution < -0.4 is 38.8 Å². The van der Waals surface area contributed by atoms with Crippen molar-refractivity contribution in [2.45, 2.75) is 113 Å². The number of hydrogen-bond acceptors (Lipinski definition) is 19. The zero-order chi connectivity index (χ0) is 56.6. The summed E-state index contributed by atoms with van der Waals surface area (Å²) >= 11 is 0. The number of pyridine rings is 1. The van der Waals surface area contributed by atoms with Crippen LogP contribution in [0.3, 0.4) is 0 Å². The van der Waals surface area contributed by atoms with E-state index < -0.39 is 37.5 Å². The fraction of sp³-hybridized carbons (Fsp3) is 0.500. The zero-order valence-corrected chi connectivity index (χ0v) is 47.4. The first-order valence-corrected chi connectivity index (χ1v) is 30.8. The Balaban J connectivity index is 0.735. The fourth-order valence-corrected chi connectivity index (χ4v) is 15.4. The van der Waals surface area contributed by atoms with Crippen LogP contribution >= 0.6 is 0 Å². The van der Waals surface area contributed by atoms with Crippen LogP contribution in [0.25, 0.3) is 11.0 Å². The molecule has 0 radical (unpaired) electrons. The zero-order valence-electron chi connectivity index (χ0n) is 46.6. The Bertz CT molecular complexity index is 3560. The van der Waals surface area contributed by atoms with Gasteiger partial charge in [-0.25, -0.2) is 23.1 Å². The smallest absolute Gasteiger partial charge is 0.297 e. The number of benzene rings is 3. The minimum absolute atomic E-state index is 0.0227. The number of hydrogen-bond donors (Lipinski definition) is 3. The molecule has 1 saturated carbocycles. The van der Waals surface area contributed by atoms with E-state index in [9.17, 15) is 23.3 Å². The quantitative estimate of drug-likeness (QED) is 0.0791. The van der Waals surface area contributed by atoms with E-state index in [2.05, 4.69) is 82.7 Å². The first-order chi connectivity index (χ1) is 40.3. The summed E-state index contributed by atoms with van der Waals surface area (Å²) in [6, 6.07) is 20.4. The summed E-state index contributed by atoms with van der Waals surface area (Å²) in [7, 11) is -4.72. The van der Waals surface area contributed by atoms with Gasteiger partial charge in [0.2, 0.25) is 11.8 Å². The number of aromatic amines is 1. The number of amides is 1. The number of carbonyl (C=O) groups is 1. The predicted octanol–water partition coefficient (Wildman–Crippen LogP) is 7.57. The second kappa shape index (κ2) is 21.7. The topological polar surface area (TPSA) is 241 Å². The molecule has 8 aliphatic rings. The molecule has 7 aliphatic heterocycles. The lowest BCUT2D eigenvalue weighted by molar-refractivity contribution is -0.384. The lowest BCUT2D eigenvalue weighted by Gasteiger charge is -2.58. The Morgan fingerprint density at radius 1 is 0.904 bits per heavy atom. The molecule has 436 valence electrons. The third kappa shape index (κ3) is 10.2. The van der Waals surface area contributed by atoms with Gasteiger partial charge in [0.25, 0.3) is 21.6 Å². The second-order valence-electron chi connectivity index (χ2n) is 23.9. The van der Waals surface area contributed by atoms with Crippen molar-refractivity contribution >= 4 is 55.4 Å². The monoisotopic (exact) mass is 1150 g/mol. The summed E-state index contributed by atoms with van der Waals surface area (Å²) in [5, 5.41) is 16.7. The minimum Gasteiger partial charge on any atom is -0.491 e. The standard InChI is InChI=1S/C60H69N11O11S/c1-36(2)81-52-6-4-3-5-44(52)51-31-68(41-23-39-30-61-35-63-58(39)80-32-41)18-19-69(51)42-28-60(29-42)13-16-67(17-14-60)40-7-8-45(48(25-40)70-47-12-22-78-34-54(47)82-59-50(70)24-38-9-15-62-56(38)65-59)57(72)66-83(75,76)43-26-49(71(73)74)55-53(27-43)79-33-46(64-55)37-10-20-77-21-11-37/h3-9,15,24-27,30,35-37,41-42,46-47,51,54,64H,10-14,16-23,28-29,31-34H2,1-2H3,(H,62,65)(H,66,72)/t41-,46-,47-,51-,54-/m0/s1. The molecule has 1 aliphatic carbocycles. The van der Waals surface area contributed by atoms with Gasteiger partial charge < -0.3 is 48.5 Å². The van der Waals surface area contributed by atoms with Crippen LogP contribution in [0.2, 0.25) is 0 Å². The van der Waals surface area contributed by atoms with Gasteiger partial charge in [0, 0.05) is 111 Å². The van der Waals surface area contributed by atoms with Gasteiger partial charge in [-0.3, -0.25) is 24.7 Å². The van der Waals surface area contributed by atoms with E-state index in [1.807, 2.05) is 36.7 Å². The number of nitrogens with zero attached hydrogens (tertiary/aromatic N) is 8. The van der Waals surface area contributed by atoms with Gasteiger partial charge in [0.15, 0.2) is 11.4 Å². The second-order valence-corrected chi connectivity index (χ2v) is 25.6. The maximum absolute atomic E-state index is 15.0. The molecule has 1 amide bonds. The maximum Gasteiger partial charge on any atom is 0.297 e. The van der Waals surface area contributed by atoms with Gasteiger partial charge >= 0.3 is 0 Å². The Kier molecular flexibility index (Phi) is 14.0. The summed E-state index contributed by atoms with van der Waals surface area (Å²) in [6.45, 7) is 11.1. The van der Waals surface area contributed by atoms with Crippen LogP contribution in [0.15, 0.2) is 90.3 Å². The van der Waals surface area contributed by atoms with E-state index in [-0.39, 0.29) is 71.8 Å². The van der Waals surface area contributed by atoms with Crippen LogP contribution in [0.1, 0.15) is 86.3 Å². The first-order valence-electron chi connectivity index (χ1n) is 29.3. The van der Waals surface area contributed by atoms with Crippen LogP contribution in [0, 0.1) is 21.4 Å². The molecule has 0 bridgehead atoms. The van der Waals surface area contributed by atoms with Crippen molar-refractivity contribution in [3.8, 4) is 23.3 Å². The number of carbonyl (C=O) groups excluding carboxylic acids is 1. The van der Waals surface area contributed by atoms with Crippen molar-refractivity contribution in [1.82, 2.24) is 34.5 Å². The molecular formula is C60H69N11O11S. The highest BCUT2D eigenvalue weighted by Gasteiger charge is 2.51. The van der Waals surface area contributed by atoms with E-state index >= 15 is 0 Å². The van der Waals surface area contributed by atoms with E-state index in [0.717, 1.165) is 106 Å². The van der Waals surface area contributed by atoms with Crippen molar-refractivity contribution in [3.63, 3.8) is 0 Å². The maximum atomic E-state index is 15.0. The molecule has 5 fully saturated rings. The summed E-state index contributed by atoms with van der Waals surface area (Å²) in [4.78, 5) is 53.0. The summed E-state index contributed by atoms with van der Waals surface area (Å²) in [6.07, 6.45) is 11.9. The summed E-state index contributed by atoms with van der Waals surface area (Å²) in [5.41, 5.74) is 4.79. The van der Waals surface area contributed by atoms with Crippen molar-refractivity contribution < 1.29 is 46.6 Å². The number of aromatic nitrogens is 4. The fourth-order valence-electron chi connectivity index (χ4n) is 14.4. The number of nitro groups is 1. The SMILES string of the molecule is CC(C)Oc1ccccc1[C@@H]1CN([C@@H]2COc3ncncc3C2)CCN1C1CC2(CCN(c3ccc(C(=O)NS(=O)(=O)c4cc5c(c([N+](=O)[O-])c4)N[C@H](C4CCOCC4)CO5)c(N4c5cc6cc[nH]c6nc5O[C@H]5COCC[C@@H]54)c3)CC2)C1. The van der Waals surface area contributed by atoms with Crippen LogP contribution in [-0.2, 0) is 25.9 Å². The van der Waals surface area contributed by atoms with Gasteiger partial charge in [-0.05, 0) is 113 Å². The number of nitro benzene ring substituents is 1. The van der Waals surface area contributed by atoms with Gasteiger partial charge in [0.1, 0.15) is 42.7 Å².